The van der Waals surface area contributed by atoms with E-state index in [0.29, 0.717) is 32.6 Å². The van der Waals surface area contributed by atoms with E-state index >= 15 is 0 Å². The molecule has 1 unspecified atom stereocenters. The topological polar surface area (TPSA) is 61.5 Å². The van der Waals surface area contributed by atoms with Crippen LogP contribution in [0, 0.1) is 12.3 Å². The van der Waals surface area contributed by atoms with Gasteiger partial charge in [-0.3, -0.25) is 14.8 Å². The summed E-state index contributed by atoms with van der Waals surface area (Å²) in [5.41, 5.74) is 1.65. The van der Waals surface area contributed by atoms with Crippen molar-refractivity contribution >= 4 is 5.91 Å². The Kier molecular flexibility index (Phi) is 5.53. The average molecular weight is 418 g/mol. The fourth-order valence-electron chi connectivity index (χ4n) is 4.91. The first-order valence-electron chi connectivity index (χ1n) is 10.3. The summed E-state index contributed by atoms with van der Waals surface area (Å²) < 4.78 is 34.8. The number of piperidine rings is 2. The van der Waals surface area contributed by atoms with Crippen molar-refractivity contribution in [3.63, 3.8) is 0 Å². The lowest BCUT2D eigenvalue weighted by Gasteiger charge is -2.49. The van der Waals surface area contributed by atoms with Crippen molar-refractivity contribution < 1.29 is 18.3 Å². The van der Waals surface area contributed by atoms with Crippen LogP contribution in [0.25, 0.3) is 0 Å². The summed E-state index contributed by atoms with van der Waals surface area (Å²) in [5, 5.41) is 6.84. The highest BCUT2D eigenvalue weighted by Gasteiger charge is 2.55. The zero-order valence-corrected chi connectivity index (χ0v) is 17.5. The van der Waals surface area contributed by atoms with Crippen LogP contribution in [-0.4, -0.2) is 58.6 Å². The van der Waals surface area contributed by atoms with E-state index in [0.717, 1.165) is 29.0 Å². The van der Waals surface area contributed by atoms with E-state index in [-0.39, 0.29) is 18.9 Å². The van der Waals surface area contributed by atoms with Crippen molar-refractivity contribution in [1.82, 2.24) is 20.0 Å². The van der Waals surface area contributed by atoms with Gasteiger partial charge < -0.3 is 9.64 Å². The second-order valence-corrected chi connectivity index (χ2v) is 8.66. The number of halogens is 2. The van der Waals surface area contributed by atoms with Crippen LogP contribution in [0.1, 0.15) is 36.1 Å². The molecule has 162 valence electrons. The summed E-state index contributed by atoms with van der Waals surface area (Å²) in [6.07, 6.45) is 2.52. The third kappa shape index (κ3) is 4.19. The highest BCUT2D eigenvalue weighted by Crippen LogP contribution is 2.45. The number of aromatic nitrogens is 2. The molecule has 0 aliphatic carbocycles. The standard InChI is InChI=1S/C22H28F2N4O2/c1-16-18(10-25-26-16)12-27-14-21(13-22(23,24)15-27)7-4-8-28(20(21)29)11-17-5-3-6-19(9-17)30-2/h3,5-6,9-10H,4,7-8,11-15H2,1-2H3,(H,25,26). The minimum atomic E-state index is -2.90. The van der Waals surface area contributed by atoms with Crippen LogP contribution in [-0.2, 0) is 17.9 Å². The molecule has 0 bridgehead atoms. The number of carbonyl (C=O) groups excluding carboxylic acids is 1. The number of rotatable bonds is 5. The number of carbonyl (C=O) groups is 1. The number of benzene rings is 1. The molecular weight excluding hydrogens is 390 g/mol. The zero-order chi connectivity index (χ0) is 21.4. The van der Waals surface area contributed by atoms with Gasteiger partial charge in [0.15, 0.2) is 0 Å². The Morgan fingerprint density at radius 1 is 1.27 bits per heavy atom. The molecule has 1 spiro atoms. The minimum Gasteiger partial charge on any atom is -0.497 e. The van der Waals surface area contributed by atoms with Gasteiger partial charge in [0.1, 0.15) is 5.75 Å². The van der Waals surface area contributed by atoms with Gasteiger partial charge in [0.05, 0.1) is 25.3 Å². The van der Waals surface area contributed by atoms with Crippen molar-refractivity contribution in [2.24, 2.45) is 5.41 Å². The fraction of sp³-hybridized carbons (Fsp3) is 0.545. The van der Waals surface area contributed by atoms with Crippen LogP contribution < -0.4 is 4.74 Å². The van der Waals surface area contributed by atoms with Crippen molar-refractivity contribution in [2.45, 2.75) is 45.2 Å². The van der Waals surface area contributed by atoms with Crippen LogP contribution in [0.2, 0.25) is 0 Å². The molecule has 1 aromatic heterocycles. The van der Waals surface area contributed by atoms with Gasteiger partial charge in [-0.1, -0.05) is 12.1 Å². The highest BCUT2D eigenvalue weighted by molar-refractivity contribution is 5.84. The quantitative estimate of drug-likeness (QED) is 0.809. The summed E-state index contributed by atoms with van der Waals surface area (Å²) in [4.78, 5) is 16.9. The van der Waals surface area contributed by atoms with E-state index in [4.69, 9.17) is 4.74 Å². The van der Waals surface area contributed by atoms with Crippen molar-refractivity contribution in [1.29, 1.82) is 0 Å². The highest BCUT2D eigenvalue weighted by atomic mass is 19.3. The molecule has 8 heteroatoms. The summed E-state index contributed by atoms with van der Waals surface area (Å²) in [5.74, 6) is -2.34. The smallest absolute Gasteiger partial charge is 0.261 e. The molecule has 3 heterocycles. The first kappa shape index (κ1) is 20.8. The van der Waals surface area contributed by atoms with Crippen LogP contribution in [0.3, 0.4) is 0 Å². The van der Waals surface area contributed by atoms with Crippen molar-refractivity contribution in [3.8, 4) is 5.75 Å². The van der Waals surface area contributed by atoms with E-state index < -0.39 is 11.3 Å². The number of aryl methyl sites for hydroxylation is 1. The Bertz CT molecular complexity index is 916. The van der Waals surface area contributed by atoms with Crippen molar-refractivity contribution in [3.05, 3.63) is 47.3 Å². The molecule has 6 nitrogen and oxygen atoms in total. The molecule has 4 rings (SSSR count). The van der Waals surface area contributed by atoms with Gasteiger partial charge in [0.25, 0.3) is 5.92 Å². The molecule has 1 amide bonds. The number of hydrogen-bond donors (Lipinski definition) is 1. The van der Waals surface area contributed by atoms with Crippen LogP contribution in [0.15, 0.2) is 30.5 Å². The number of amides is 1. The molecule has 1 N–H and O–H groups in total. The van der Waals surface area contributed by atoms with Crippen LogP contribution >= 0.6 is 0 Å². The predicted octanol–water partition coefficient (Wildman–Crippen LogP) is 3.38. The van der Waals surface area contributed by atoms with Crippen molar-refractivity contribution in [2.75, 3.05) is 26.7 Å². The molecule has 2 aliphatic heterocycles. The Morgan fingerprint density at radius 3 is 2.83 bits per heavy atom. The molecule has 2 aliphatic rings. The SMILES string of the molecule is COc1cccc(CN2CCCC3(CN(Cc4cn[nH]c4C)CC(F)(F)C3)C2=O)c1. The second kappa shape index (κ2) is 7.98. The van der Waals surface area contributed by atoms with Gasteiger partial charge in [0, 0.05) is 43.9 Å². The lowest BCUT2D eigenvalue weighted by Crippen LogP contribution is -2.60. The lowest BCUT2D eigenvalue weighted by atomic mass is 9.71. The maximum atomic E-state index is 14.8. The molecule has 30 heavy (non-hydrogen) atoms. The summed E-state index contributed by atoms with van der Waals surface area (Å²) in [7, 11) is 1.60. The molecule has 1 aromatic carbocycles. The maximum absolute atomic E-state index is 14.8. The first-order valence-corrected chi connectivity index (χ1v) is 10.3. The molecule has 1 atom stereocenters. The van der Waals surface area contributed by atoms with Crippen LogP contribution in [0.5, 0.6) is 5.75 Å². The normalized spacial score (nSPS) is 24.4. The number of aromatic amines is 1. The Labute approximate surface area is 175 Å². The van der Waals surface area contributed by atoms with E-state index in [1.807, 2.05) is 31.2 Å². The van der Waals surface area contributed by atoms with Gasteiger partial charge in [-0.2, -0.15) is 5.10 Å². The van der Waals surface area contributed by atoms with Gasteiger partial charge in [-0.15, -0.1) is 0 Å². The number of nitrogens with zero attached hydrogens (tertiary/aromatic N) is 3. The average Bonchev–Trinajstić information content (AvgIpc) is 3.09. The third-order valence-electron chi connectivity index (χ3n) is 6.24. The number of H-pyrrole nitrogens is 1. The van der Waals surface area contributed by atoms with E-state index in [1.165, 1.54) is 0 Å². The fourth-order valence-corrected chi connectivity index (χ4v) is 4.91. The second-order valence-electron chi connectivity index (χ2n) is 8.66. The number of methoxy groups -OCH3 is 1. The van der Waals surface area contributed by atoms with E-state index in [1.54, 1.807) is 23.1 Å². The van der Waals surface area contributed by atoms with Gasteiger partial charge in [0.2, 0.25) is 5.91 Å². The lowest BCUT2D eigenvalue weighted by molar-refractivity contribution is -0.170. The molecule has 2 saturated heterocycles. The number of hydrogen-bond acceptors (Lipinski definition) is 4. The molecule has 2 fully saturated rings. The van der Waals surface area contributed by atoms with Gasteiger partial charge in [-0.05, 0) is 37.5 Å². The summed E-state index contributed by atoms with van der Waals surface area (Å²) in [6, 6.07) is 7.54. The van der Waals surface area contributed by atoms with Crippen LogP contribution in [0.4, 0.5) is 8.78 Å². The molecule has 2 aromatic rings. The number of nitrogens with one attached hydrogen (secondary N) is 1. The third-order valence-corrected chi connectivity index (χ3v) is 6.24. The predicted molar refractivity (Wildman–Crippen MR) is 108 cm³/mol. The maximum Gasteiger partial charge on any atom is 0.261 e. The number of alkyl halides is 2. The summed E-state index contributed by atoms with van der Waals surface area (Å²) >= 11 is 0. The Hall–Kier alpha value is -2.48. The Morgan fingerprint density at radius 2 is 2.10 bits per heavy atom. The monoisotopic (exact) mass is 418 g/mol. The Balaban J connectivity index is 1.54. The minimum absolute atomic E-state index is 0.162. The van der Waals surface area contributed by atoms with Gasteiger partial charge >= 0.3 is 0 Å². The van der Waals surface area contributed by atoms with E-state index in [2.05, 4.69) is 10.2 Å². The number of likely N-dealkylation sites (tertiary alicyclic amines) is 2. The molecule has 0 saturated carbocycles. The molecular formula is C22H28F2N4O2. The van der Waals surface area contributed by atoms with E-state index in [9.17, 15) is 13.6 Å². The first-order chi connectivity index (χ1) is 14.3. The largest absolute Gasteiger partial charge is 0.497 e. The zero-order valence-electron chi connectivity index (χ0n) is 17.5. The molecule has 0 radical (unpaired) electrons. The number of ether oxygens (including phenoxy) is 1. The summed E-state index contributed by atoms with van der Waals surface area (Å²) in [6.45, 7) is 3.25. The van der Waals surface area contributed by atoms with Gasteiger partial charge in [-0.25, -0.2) is 8.78 Å².